The van der Waals surface area contributed by atoms with Crippen LogP contribution in [0.3, 0.4) is 0 Å². The van der Waals surface area contributed by atoms with Gasteiger partial charge in [0.05, 0.1) is 17.6 Å². The fraction of sp³-hybridized carbons (Fsp3) is 0.419. The summed E-state index contributed by atoms with van der Waals surface area (Å²) in [7, 11) is 3.68. The Kier molecular flexibility index (Phi) is 6.79. The Hall–Kier alpha value is -4.21. The number of carbonyl (C=O) groups is 1. The van der Waals surface area contributed by atoms with Crippen molar-refractivity contribution in [3.8, 4) is 0 Å². The van der Waals surface area contributed by atoms with Crippen molar-refractivity contribution in [2.45, 2.75) is 51.2 Å². The summed E-state index contributed by atoms with van der Waals surface area (Å²) >= 11 is 0. The predicted molar refractivity (Wildman–Crippen MR) is 158 cm³/mol. The summed E-state index contributed by atoms with van der Waals surface area (Å²) in [6.07, 6.45) is 4.01. The Morgan fingerprint density at radius 2 is 1.76 bits per heavy atom. The molecule has 1 aliphatic carbocycles. The van der Waals surface area contributed by atoms with Crippen molar-refractivity contribution in [3.63, 3.8) is 0 Å². The predicted octanol–water partition coefficient (Wildman–Crippen LogP) is 4.58. The van der Waals surface area contributed by atoms with Gasteiger partial charge in [0, 0.05) is 51.0 Å². The minimum absolute atomic E-state index is 0.0928. The van der Waals surface area contributed by atoms with Gasteiger partial charge in [-0.1, -0.05) is 31.2 Å². The van der Waals surface area contributed by atoms with Gasteiger partial charge in [0.25, 0.3) is 5.56 Å². The highest BCUT2D eigenvalue weighted by Crippen LogP contribution is 2.47. The summed E-state index contributed by atoms with van der Waals surface area (Å²) in [4.78, 5) is 41.9. The van der Waals surface area contributed by atoms with Gasteiger partial charge in [0.2, 0.25) is 11.9 Å². The van der Waals surface area contributed by atoms with E-state index in [-0.39, 0.29) is 29.0 Å². The van der Waals surface area contributed by atoms with E-state index in [1.54, 1.807) is 11.9 Å². The first-order valence-corrected chi connectivity index (χ1v) is 14.2. The Bertz CT molecular complexity index is 1640. The molecule has 0 radical (unpaired) electrons. The first-order valence-electron chi connectivity index (χ1n) is 14.2. The second-order valence-electron chi connectivity index (χ2n) is 11.7. The molecule has 1 saturated carbocycles. The SMILES string of the molecule is CC1CC1(C)N(C)C(=O)n1c(N(C)C2CCN(c3nc4ccccc4n3Cc3ccc(F)cc3)CC2)nccc1=O. The molecule has 9 nitrogen and oxygen atoms in total. The van der Waals surface area contributed by atoms with Gasteiger partial charge < -0.3 is 19.3 Å². The number of rotatable bonds is 6. The van der Waals surface area contributed by atoms with Crippen LogP contribution in [-0.4, -0.2) is 68.8 Å². The van der Waals surface area contributed by atoms with Gasteiger partial charge in [-0.25, -0.2) is 19.2 Å². The molecule has 4 aromatic rings. The molecular weight excluding hydrogens is 521 g/mol. The average molecular weight is 558 g/mol. The third-order valence-corrected chi connectivity index (χ3v) is 9.19. The molecule has 2 atom stereocenters. The Morgan fingerprint density at radius 3 is 2.44 bits per heavy atom. The summed E-state index contributed by atoms with van der Waals surface area (Å²) < 4.78 is 16.9. The van der Waals surface area contributed by atoms with Crippen LogP contribution in [0, 0.1) is 11.7 Å². The maximum Gasteiger partial charge on any atom is 0.334 e. The van der Waals surface area contributed by atoms with Gasteiger partial charge in [0.15, 0.2) is 0 Å². The first-order chi connectivity index (χ1) is 19.7. The van der Waals surface area contributed by atoms with Crippen molar-refractivity contribution in [2.75, 3.05) is 37.0 Å². The monoisotopic (exact) mass is 557 g/mol. The largest absolute Gasteiger partial charge is 0.342 e. The number of aromatic nitrogens is 4. The van der Waals surface area contributed by atoms with Crippen LogP contribution in [0.25, 0.3) is 11.0 Å². The molecule has 1 amide bonds. The number of anilines is 2. The van der Waals surface area contributed by atoms with Crippen molar-refractivity contribution in [2.24, 2.45) is 5.92 Å². The van der Waals surface area contributed by atoms with Gasteiger partial charge in [-0.15, -0.1) is 0 Å². The van der Waals surface area contributed by atoms with E-state index in [1.807, 2.05) is 42.3 Å². The van der Waals surface area contributed by atoms with Gasteiger partial charge in [-0.2, -0.15) is 4.57 Å². The zero-order valence-electron chi connectivity index (χ0n) is 24.0. The van der Waals surface area contributed by atoms with Gasteiger partial charge >= 0.3 is 6.03 Å². The fourth-order valence-electron chi connectivity index (χ4n) is 6.07. The van der Waals surface area contributed by atoms with E-state index in [0.717, 1.165) is 54.9 Å². The highest BCUT2D eigenvalue weighted by Gasteiger charge is 2.52. The molecule has 2 unspecified atom stereocenters. The van der Waals surface area contributed by atoms with Crippen LogP contribution in [-0.2, 0) is 6.54 Å². The summed E-state index contributed by atoms with van der Waals surface area (Å²) in [5.41, 5.74) is 2.34. The van der Waals surface area contributed by atoms with Crippen LogP contribution in [0.15, 0.2) is 65.6 Å². The number of para-hydroxylation sites is 2. The van der Waals surface area contributed by atoms with Crippen molar-refractivity contribution in [1.29, 1.82) is 0 Å². The molecule has 41 heavy (non-hydrogen) atoms. The first kappa shape index (κ1) is 27.0. The molecule has 0 N–H and O–H groups in total. The lowest BCUT2D eigenvalue weighted by molar-refractivity contribution is 0.184. The number of halogens is 1. The number of benzene rings is 2. The second kappa shape index (κ2) is 10.3. The minimum Gasteiger partial charge on any atom is -0.342 e. The lowest BCUT2D eigenvalue weighted by atomic mass is 10.0. The number of imidazole rings is 1. The van der Waals surface area contributed by atoms with E-state index in [4.69, 9.17) is 4.98 Å². The number of piperidine rings is 1. The van der Waals surface area contributed by atoms with Crippen LogP contribution in [0.4, 0.5) is 21.1 Å². The fourth-order valence-corrected chi connectivity index (χ4v) is 6.07. The maximum atomic E-state index is 13.5. The van der Waals surface area contributed by atoms with Crippen LogP contribution in [0.1, 0.15) is 38.7 Å². The summed E-state index contributed by atoms with van der Waals surface area (Å²) in [5.74, 6) is 1.39. The third-order valence-electron chi connectivity index (χ3n) is 9.19. The van der Waals surface area contributed by atoms with E-state index >= 15 is 0 Å². The number of hydrogen-bond donors (Lipinski definition) is 0. The van der Waals surface area contributed by atoms with Crippen LogP contribution in [0.2, 0.25) is 0 Å². The molecule has 1 aliphatic heterocycles. The van der Waals surface area contributed by atoms with E-state index in [0.29, 0.717) is 18.4 Å². The molecule has 10 heteroatoms. The molecule has 2 fully saturated rings. The number of fused-ring (bicyclic) bond motifs is 1. The van der Waals surface area contributed by atoms with Crippen molar-refractivity contribution in [1.82, 2.24) is 24.0 Å². The molecule has 3 heterocycles. The van der Waals surface area contributed by atoms with Gasteiger partial charge in [-0.05, 0) is 61.9 Å². The lowest BCUT2D eigenvalue weighted by Crippen LogP contribution is -2.49. The van der Waals surface area contributed by atoms with E-state index in [9.17, 15) is 14.0 Å². The normalized spacial score (nSPS) is 20.8. The molecule has 2 aromatic carbocycles. The van der Waals surface area contributed by atoms with Crippen molar-refractivity contribution < 1.29 is 9.18 Å². The number of carbonyl (C=O) groups excluding carboxylic acids is 1. The van der Waals surface area contributed by atoms with Crippen molar-refractivity contribution in [3.05, 3.63) is 82.5 Å². The third kappa shape index (κ3) is 4.85. The average Bonchev–Trinajstić information content (AvgIpc) is 3.45. The maximum absolute atomic E-state index is 13.5. The topological polar surface area (TPSA) is 79.5 Å². The minimum atomic E-state index is -0.373. The van der Waals surface area contributed by atoms with E-state index < -0.39 is 0 Å². The number of nitrogens with zero attached hydrogens (tertiary/aromatic N) is 7. The highest BCUT2D eigenvalue weighted by molar-refractivity contribution is 5.81. The molecule has 1 saturated heterocycles. The molecule has 6 rings (SSSR count). The molecule has 2 aliphatic rings. The van der Waals surface area contributed by atoms with Crippen molar-refractivity contribution >= 4 is 29.0 Å². The Labute approximate surface area is 238 Å². The summed E-state index contributed by atoms with van der Waals surface area (Å²) in [5, 5.41) is 0. The van der Waals surface area contributed by atoms with Crippen LogP contribution < -0.4 is 15.4 Å². The summed E-state index contributed by atoms with van der Waals surface area (Å²) in [6.45, 7) is 6.26. The molecule has 0 spiro atoms. The molecular formula is C31H36FN7O2. The second-order valence-corrected chi connectivity index (χ2v) is 11.7. The van der Waals surface area contributed by atoms with E-state index in [2.05, 4.69) is 34.4 Å². The van der Waals surface area contributed by atoms with Gasteiger partial charge in [0.1, 0.15) is 5.82 Å². The van der Waals surface area contributed by atoms with E-state index in [1.165, 1.54) is 29.0 Å². The standard InChI is InChI=1S/C31H36FN7O2/c1-21-19-31(21,2)36(4)30(41)39-27(40)13-16-33-28(39)35(3)24-14-17-37(18-15-24)29-34-25-7-5-6-8-26(25)38(29)20-22-9-11-23(32)12-10-22/h5-13,16,21,24H,14-15,17-20H2,1-4H3. The zero-order chi connectivity index (χ0) is 28.9. The van der Waals surface area contributed by atoms with Gasteiger partial charge in [-0.3, -0.25) is 4.79 Å². The molecule has 2 aromatic heterocycles. The van der Waals surface area contributed by atoms with Crippen LogP contribution in [0.5, 0.6) is 0 Å². The number of hydrogen-bond acceptors (Lipinski definition) is 6. The molecule has 0 bridgehead atoms. The highest BCUT2D eigenvalue weighted by atomic mass is 19.1. The number of amides is 1. The summed E-state index contributed by atoms with van der Waals surface area (Å²) in [6, 6.07) is 15.7. The Balaban J connectivity index is 1.22. The Morgan fingerprint density at radius 1 is 1.07 bits per heavy atom. The lowest BCUT2D eigenvalue weighted by Gasteiger charge is -2.38. The zero-order valence-corrected chi connectivity index (χ0v) is 24.0. The smallest absolute Gasteiger partial charge is 0.334 e. The quantitative estimate of drug-likeness (QED) is 0.345. The van der Waals surface area contributed by atoms with Crippen LogP contribution >= 0.6 is 0 Å². The molecule has 214 valence electrons.